The van der Waals surface area contributed by atoms with Gasteiger partial charge in [0, 0.05) is 10.9 Å². The summed E-state index contributed by atoms with van der Waals surface area (Å²) in [6.45, 7) is 1.88. The minimum Gasteiger partial charge on any atom is -0.486 e. The third kappa shape index (κ3) is 3.89. The molecule has 1 aliphatic rings. The lowest BCUT2D eigenvalue weighted by Crippen LogP contribution is -2.25. The first-order valence-corrected chi connectivity index (χ1v) is 11.1. The molecule has 0 aliphatic carbocycles. The van der Waals surface area contributed by atoms with Gasteiger partial charge >= 0.3 is 5.51 Å². The van der Waals surface area contributed by atoms with E-state index in [0.717, 1.165) is 18.2 Å². The van der Waals surface area contributed by atoms with E-state index >= 15 is 0 Å². The number of hydrogen-bond acceptors (Lipinski definition) is 5. The standard InChI is InChI=1S/C22H19F3O5S/c1-14-9-10-16-19(30-14)20(28-12-5-8-15-6-3-2-4-7-15)18-17(11-13-29-18)21(16)31(26,27)22(23,24)25/h2-4,6-7,9,11,13H,5,8,10,12H2,1H3. The molecule has 0 fully saturated rings. The number of ether oxygens (including phenoxy) is 2. The number of halogens is 3. The van der Waals surface area contributed by atoms with Gasteiger partial charge in [-0.05, 0) is 43.9 Å². The molecule has 0 bridgehead atoms. The normalized spacial score (nSPS) is 14.1. The van der Waals surface area contributed by atoms with Crippen LogP contribution in [-0.4, -0.2) is 20.5 Å². The number of fused-ring (bicyclic) bond motifs is 2. The molecule has 164 valence electrons. The van der Waals surface area contributed by atoms with Crippen LogP contribution < -0.4 is 9.47 Å². The zero-order valence-electron chi connectivity index (χ0n) is 16.5. The Morgan fingerprint density at radius 2 is 1.87 bits per heavy atom. The SMILES string of the molecule is CC1=CCc2c(c(OCCCc3ccccc3)c3occc3c2S(=O)(=O)C(F)(F)F)O1. The minimum absolute atomic E-state index is 0.0344. The Labute approximate surface area is 177 Å². The molecule has 4 rings (SSSR count). The van der Waals surface area contributed by atoms with Crippen molar-refractivity contribution in [2.24, 2.45) is 0 Å². The van der Waals surface area contributed by atoms with Crippen LogP contribution in [0.4, 0.5) is 13.2 Å². The van der Waals surface area contributed by atoms with Gasteiger partial charge in [0.15, 0.2) is 11.3 Å². The molecule has 0 saturated heterocycles. The summed E-state index contributed by atoms with van der Waals surface area (Å²) in [5.41, 5.74) is -4.51. The Balaban J connectivity index is 1.74. The van der Waals surface area contributed by atoms with Gasteiger partial charge in [0.25, 0.3) is 9.84 Å². The van der Waals surface area contributed by atoms with E-state index in [1.807, 2.05) is 30.3 Å². The summed E-state index contributed by atoms with van der Waals surface area (Å²) in [6, 6.07) is 11.0. The Morgan fingerprint density at radius 1 is 1.13 bits per heavy atom. The van der Waals surface area contributed by atoms with Crippen molar-refractivity contribution in [2.75, 3.05) is 6.61 Å². The van der Waals surface area contributed by atoms with Crippen LogP contribution in [0.1, 0.15) is 24.5 Å². The Bertz CT molecular complexity index is 1240. The predicted molar refractivity (Wildman–Crippen MR) is 108 cm³/mol. The van der Waals surface area contributed by atoms with Crippen LogP contribution in [0.3, 0.4) is 0 Å². The van der Waals surface area contributed by atoms with Crippen LogP contribution in [-0.2, 0) is 22.7 Å². The molecule has 0 unspecified atom stereocenters. The monoisotopic (exact) mass is 452 g/mol. The molecule has 2 heterocycles. The van der Waals surface area contributed by atoms with E-state index in [1.54, 1.807) is 6.92 Å². The lowest BCUT2D eigenvalue weighted by atomic mass is 10.0. The maximum Gasteiger partial charge on any atom is 0.501 e. The van der Waals surface area contributed by atoms with Gasteiger partial charge in [-0.3, -0.25) is 0 Å². The highest BCUT2D eigenvalue weighted by atomic mass is 32.2. The first-order chi connectivity index (χ1) is 14.7. The van der Waals surface area contributed by atoms with Crippen molar-refractivity contribution in [3.05, 3.63) is 65.6 Å². The Morgan fingerprint density at radius 3 is 2.58 bits per heavy atom. The van der Waals surface area contributed by atoms with Gasteiger partial charge < -0.3 is 13.9 Å². The van der Waals surface area contributed by atoms with Crippen molar-refractivity contribution in [2.45, 2.75) is 36.6 Å². The summed E-state index contributed by atoms with van der Waals surface area (Å²) >= 11 is 0. The largest absolute Gasteiger partial charge is 0.501 e. The number of hydrogen-bond donors (Lipinski definition) is 0. The number of rotatable bonds is 6. The van der Waals surface area contributed by atoms with Crippen LogP contribution in [0.2, 0.25) is 0 Å². The topological polar surface area (TPSA) is 65.7 Å². The van der Waals surface area contributed by atoms with Crippen molar-refractivity contribution < 1.29 is 35.5 Å². The molecule has 0 N–H and O–H groups in total. The highest BCUT2D eigenvalue weighted by Gasteiger charge is 2.50. The summed E-state index contributed by atoms with van der Waals surface area (Å²) in [5, 5.41) is -0.175. The summed E-state index contributed by atoms with van der Waals surface area (Å²) < 4.78 is 81.8. The average Bonchev–Trinajstić information content (AvgIpc) is 3.19. The third-order valence-corrected chi connectivity index (χ3v) is 6.61. The van der Waals surface area contributed by atoms with E-state index in [0.29, 0.717) is 12.2 Å². The molecule has 1 aromatic heterocycles. The molecule has 0 spiro atoms. The van der Waals surface area contributed by atoms with Gasteiger partial charge in [-0.1, -0.05) is 30.3 Å². The van der Waals surface area contributed by atoms with Crippen molar-refractivity contribution in [3.63, 3.8) is 0 Å². The number of aryl methyl sites for hydroxylation is 1. The molecular formula is C22H19F3O5S. The van der Waals surface area contributed by atoms with Crippen molar-refractivity contribution in [3.8, 4) is 11.5 Å². The number of allylic oxidation sites excluding steroid dienone is 2. The van der Waals surface area contributed by atoms with Crippen LogP contribution >= 0.6 is 0 Å². The predicted octanol–water partition coefficient (Wildman–Crippen LogP) is 5.58. The number of sulfone groups is 1. The molecular weight excluding hydrogens is 433 g/mol. The number of alkyl halides is 3. The molecule has 0 amide bonds. The van der Waals surface area contributed by atoms with Crippen molar-refractivity contribution >= 4 is 20.8 Å². The lowest BCUT2D eigenvalue weighted by molar-refractivity contribution is -0.0435. The average molecular weight is 452 g/mol. The highest BCUT2D eigenvalue weighted by molar-refractivity contribution is 7.92. The fourth-order valence-corrected chi connectivity index (χ4v) is 4.74. The van der Waals surface area contributed by atoms with Gasteiger partial charge in [0.2, 0.25) is 5.75 Å². The Hall–Kier alpha value is -2.94. The molecule has 2 aromatic carbocycles. The fraction of sp³-hybridized carbons (Fsp3) is 0.273. The molecule has 31 heavy (non-hydrogen) atoms. The third-order valence-electron chi connectivity index (χ3n) is 5.00. The van der Waals surface area contributed by atoms with Gasteiger partial charge in [0.05, 0.1) is 23.5 Å². The van der Waals surface area contributed by atoms with Crippen LogP contribution in [0.15, 0.2) is 63.8 Å². The second-order valence-electron chi connectivity index (χ2n) is 7.14. The van der Waals surface area contributed by atoms with E-state index < -0.39 is 20.2 Å². The van der Waals surface area contributed by atoms with Crippen molar-refractivity contribution in [1.82, 2.24) is 0 Å². The molecule has 9 heteroatoms. The first kappa shape index (κ1) is 21.3. The number of benzene rings is 2. The van der Waals surface area contributed by atoms with Gasteiger partial charge in [-0.2, -0.15) is 13.2 Å². The summed E-state index contributed by atoms with van der Waals surface area (Å²) in [7, 11) is -5.63. The van der Waals surface area contributed by atoms with Crippen LogP contribution in [0.25, 0.3) is 11.0 Å². The molecule has 5 nitrogen and oxygen atoms in total. The van der Waals surface area contributed by atoms with Gasteiger partial charge in [-0.25, -0.2) is 8.42 Å². The summed E-state index contributed by atoms with van der Waals surface area (Å²) in [4.78, 5) is -0.848. The molecule has 0 atom stereocenters. The molecule has 3 aromatic rings. The molecule has 0 saturated carbocycles. The van der Waals surface area contributed by atoms with E-state index in [4.69, 9.17) is 13.9 Å². The maximum absolute atomic E-state index is 13.4. The van der Waals surface area contributed by atoms with E-state index in [1.165, 1.54) is 12.1 Å². The van der Waals surface area contributed by atoms with E-state index in [-0.39, 0.29) is 41.1 Å². The lowest BCUT2D eigenvalue weighted by Gasteiger charge is -2.23. The fourth-order valence-electron chi connectivity index (χ4n) is 3.56. The quantitative estimate of drug-likeness (QED) is 0.457. The zero-order valence-corrected chi connectivity index (χ0v) is 17.3. The van der Waals surface area contributed by atoms with E-state index in [2.05, 4.69) is 0 Å². The van der Waals surface area contributed by atoms with Crippen molar-refractivity contribution in [1.29, 1.82) is 0 Å². The minimum atomic E-state index is -5.63. The van der Waals surface area contributed by atoms with Gasteiger partial charge in [0.1, 0.15) is 0 Å². The molecule has 0 radical (unpaired) electrons. The molecule has 1 aliphatic heterocycles. The second kappa shape index (κ2) is 7.96. The first-order valence-electron chi connectivity index (χ1n) is 9.59. The zero-order chi connectivity index (χ0) is 22.2. The summed E-state index contributed by atoms with van der Waals surface area (Å²) in [5.74, 6) is 0.490. The second-order valence-corrected chi connectivity index (χ2v) is 9.02. The van der Waals surface area contributed by atoms with E-state index in [9.17, 15) is 21.6 Å². The van der Waals surface area contributed by atoms with Crippen LogP contribution in [0.5, 0.6) is 11.5 Å². The van der Waals surface area contributed by atoms with Crippen LogP contribution in [0, 0.1) is 0 Å². The maximum atomic E-state index is 13.4. The smallest absolute Gasteiger partial charge is 0.486 e. The van der Waals surface area contributed by atoms with Gasteiger partial charge in [-0.15, -0.1) is 0 Å². The summed E-state index contributed by atoms with van der Waals surface area (Å²) in [6.07, 6.45) is 4.02. The highest BCUT2D eigenvalue weighted by Crippen LogP contribution is 2.49. The Kier molecular flexibility index (Phi) is 5.47. The number of furan rings is 1.